The van der Waals surface area contributed by atoms with Gasteiger partial charge in [-0.3, -0.25) is 4.79 Å². The third-order valence-corrected chi connectivity index (χ3v) is 4.75. The summed E-state index contributed by atoms with van der Waals surface area (Å²) in [6.07, 6.45) is 2.32. The summed E-state index contributed by atoms with van der Waals surface area (Å²) in [5.74, 6) is 0.689. The number of aryl methyl sites for hydroxylation is 1. The molecular weight excluding hydrogens is 397 g/mol. The summed E-state index contributed by atoms with van der Waals surface area (Å²) in [5, 5.41) is 3.24. The van der Waals surface area contributed by atoms with E-state index in [9.17, 15) is 9.18 Å². The zero-order chi connectivity index (χ0) is 21.0. The van der Waals surface area contributed by atoms with Gasteiger partial charge in [-0.25, -0.2) is 4.39 Å². The lowest BCUT2D eigenvalue weighted by Gasteiger charge is -2.17. The van der Waals surface area contributed by atoms with Gasteiger partial charge in [-0.05, 0) is 47.9 Å². The quantitative estimate of drug-likeness (QED) is 0.617. The number of methoxy groups -OCH3 is 2. The summed E-state index contributed by atoms with van der Waals surface area (Å²) in [5.41, 5.74) is 2.06. The largest absolute Gasteiger partial charge is 0.497 e. The van der Waals surface area contributed by atoms with Gasteiger partial charge in [0.1, 0.15) is 11.6 Å². The molecule has 0 spiro atoms. The van der Waals surface area contributed by atoms with Crippen molar-refractivity contribution in [2.75, 3.05) is 19.5 Å². The van der Waals surface area contributed by atoms with Crippen LogP contribution in [0.5, 0.6) is 11.5 Å². The zero-order valence-electron chi connectivity index (χ0n) is 16.3. The van der Waals surface area contributed by atoms with Gasteiger partial charge in [0.15, 0.2) is 0 Å². The highest BCUT2D eigenvalue weighted by Crippen LogP contribution is 2.26. The summed E-state index contributed by atoms with van der Waals surface area (Å²) < 4.78 is 25.6. The molecule has 0 amide bonds. The van der Waals surface area contributed by atoms with Crippen molar-refractivity contribution in [1.82, 2.24) is 9.55 Å². The Kier molecular flexibility index (Phi) is 6.39. The molecule has 29 heavy (non-hydrogen) atoms. The molecule has 0 aliphatic rings. The second-order valence-corrected chi connectivity index (χ2v) is 6.72. The first-order valence-corrected chi connectivity index (χ1v) is 9.36. The molecule has 6 nitrogen and oxygen atoms in total. The molecule has 152 valence electrons. The number of hydrogen-bond donors (Lipinski definition) is 1. The summed E-state index contributed by atoms with van der Waals surface area (Å²) in [7, 11) is 3.02. The van der Waals surface area contributed by atoms with E-state index in [2.05, 4.69) is 10.3 Å². The van der Waals surface area contributed by atoms with E-state index < -0.39 is 11.4 Å². The monoisotopic (exact) mass is 417 g/mol. The van der Waals surface area contributed by atoms with Crippen LogP contribution < -0.4 is 20.3 Å². The van der Waals surface area contributed by atoms with Crippen LogP contribution in [0.1, 0.15) is 18.1 Å². The standard InChI is InChI=1S/C21H21ClFN3O3/c1-4-14-10-15(28-2)6-8-18(14)24-21-25-20(27)19(29-3)12-26(21)11-13-5-7-17(23)16(22)9-13/h5-10,12H,4,11H2,1-3H3,(H,24,25,27). The van der Waals surface area contributed by atoms with Crippen molar-refractivity contribution in [2.24, 2.45) is 0 Å². The van der Waals surface area contributed by atoms with Crippen molar-refractivity contribution in [3.8, 4) is 11.5 Å². The lowest BCUT2D eigenvalue weighted by atomic mass is 10.1. The van der Waals surface area contributed by atoms with E-state index in [4.69, 9.17) is 21.1 Å². The average molecular weight is 418 g/mol. The summed E-state index contributed by atoms with van der Waals surface area (Å²) >= 11 is 5.90. The van der Waals surface area contributed by atoms with E-state index in [-0.39, 0.29) is 10.8 Å². The van der Waals surface area contributed by atoms with Crippen molar-refractivity contribution in [3.05, 3.63) is 74.9 Å². The van der Waals surface area contributed by atoms with Gasteiger partial charge in [0.05, 0.1) is 32.0 Å². The van der Waals surface area contributed by atoms with E-state index >= 15 is 0 Å². The molecule has 0 bridgehead atoms. The van der Waals surface area contributed by atoms with Crippen molar-refractivity contribution >= 4 is 23.2 Å². The maximum atomic E-state index is 13.5. The molecule has 0 aliphatic carbocycles. The molecule has 3 rings (SSSR count). The fraction of sp³-hybridized carbons (Fsp3) is 0.238. The van der Waals surface area contributed by atoms with Crippen molar-refractivity contribution in [3.63, 3.8) is 0 Å². The lowest BCUT2D eigenvalue weighted by molar-refractivity contribution is 0.402. The number of benzene rings is 2. The van der Waals surface area contributed by atoms with E-state index in [1.807, 2.05) is 25.1 Å². The Balaban J connectivity index is 2.02. The van der Waals surface area contributed by atoms with E-state index in [0.717, 1.165) is 29.0 Å². The number of ether oxygens (including phenoxy) is 2. The Morgan fingerprint density at radius 3 is 2.62 bits per heavy atom. The van der Waals surface area contributed by atoms with Crippen LogP contribution in [0, 0.1) is 5.82 Å². The highest BCUT2D eigenvalue weighted by molar-refractivity contribution is 6.30. The minimum absolute atomic E-state index is 0.0291. The fourth-order valence-corrected chi connectivity index (χ4v) is 3.10. The van der Waals surface area contributed by atoms with Crippen LogP contribution in [0.15, 0.2) is 47.4 Å². The lowest BCUT2D eigenvalue weighted by Crippen LogP contribution is -2.19. The van der Waals surface area contributed by atoms with Crippen molar-refractivity contribution in [1.29, 1.82) is 0 Å². The molecular formula is C21H21ClFN3O3. The first kappa shape index (κ1) is 20.7. The average Bonchev–Trinajstić information content (AvgIpc) is 2.72. The Morgan fingerprint density at radius 2 is 1.97 bits per heavy atom. The summed E-state index contributed by atoms with van der Waals surface area (Å²) in [6.45, 7) is 2.33. The Hall–Kier alpha value is -3.06. The first-order valence-electron chi connectivity index (χ1n) is 8.98. The third-order valence-electron chi connectivity index (χ3n) is 4.46. The molecule has 0 radical (unpaired) electrons. The topological polar surface area (TPSA) is 65.4 Å². The smallest absolute Gasteiger partial charge is 0.316 e. The van der Waals surface area contributed by atoms with Gasteiger partial charge in [-0.15, -0.1) is 0 Å². The van der Waals surface area contributed by atoms with Gasteiger partial charge in [-0.1, -0.05) is 24.6 Å². The molecule has 8 heteroatoms. The predicted molar refractivity (Wildman–Crippen MR) is 111 cm³/mol. The molecule has 0 aliphatic heterocycles. The van der Waals surface area contributed by atoms with Gasteiger partial charge in [0.2, 0.25) is 11.7 Å². The Morgan fingerprint density at radius 1 is 1.17 bits per heavy atom. The normalized spacial score (nSPS) is 10.7. The van der Waals surface area contributed by atoms with Gasteiger partial charge in [-0.2, -0.15) is 4.98 Å². The maximum Gasteiger partial charge on any atom is 0.316 e. The van der Waals surface area contributed by atoms with Gasteiger partial charge >= 0.3 is 5.56 Å². The zero-order valence-corrected chi connectivity index (χ0v) is 17.1. The van der Waals surface area contributed by atoms with E-state index in [1.165, 1.54) is 19.2 Å². The van der Waals surface area contributed by atoms with E-state index in [1.54, 1.807) is 23.9 Å². The second kappa shape index (κ2) is 8.96. The molecule has 0 saturated heterocycles. The van der Waals surface area contributed by atoms with E-state index in [0.29, 0.717) is 12.5 Å². The number of rotatable bonds is 7. The highest BCUT2D eigenvalue weighted by Gasteiger charge is 2.13. The molecule has 1 N–H and O–H groups in total. The molecule has 2 aromatic carbocycles. The molecule has 3 aromatic rings. The number of halogens is 2. The number of anilines is 2. The molecule has 0 fully saturated rings. The molecule has 1 heterocycles. The van der Waals surface area contributed by atoms with Crippen LogP contribution in [0.3, 0.4) is 0 Å². The Labute approximate surface area is 172 Å². The van der Waals surface area contributed by atoms with Crippen molar-refractivity contribution < 1.29 is 13.9 Å². The second-order valence-electron chi connectivity index (χ2n) is 6.32. The minimum Gasteiger partial charge on any atom is -0.497 e. The number of aromatic nitrogens is 2. The molecule has 0 unspecified atom stereocenters. The van der Waals surface area contributed by atoms with Crippen LogP contribution in [0.2, 0.25) is 5.02 Å². The molecule has 0 saturated carbocycles. The van der Waals surface area contributed by atoms with Crippen LogP contribution in [-0.2, 0) is 13.0 Å². The van der Waals surface area contributed by atoms with Gasteiger partial charge in [0, 0.05) is 5.69 Å². The maximum absolute atomic E-state index is 13.5. The van der Waals surface area contributed by atoms with Crippen LogP contribution in [0.4, 0.5) is 16.0 Å². The molecule has 0 atom stereocenters. The number of hydrogen-bond acceptors (Lipinski definition) is 5. The summed E-state index contributed by atoms with van der Waals surface area (Å²) in [4.78, 5) is 16.4. The first-order chi connectivity index (χ1) is 13.9. The number of nitrogens with one attached hydrogen (secondary N) is 1. The van der Waals surface area contributed by atoms with Crippen molar-refractivity contribution in [2.45, 2.75) is 19.9 Å². The fourth-order valence-electron chi connectivity index (χ4n) is 2.90. The predicted octanol–water partition coefficient (Wildman–Crippen LogP) is 4.41. The SMILES string of the molecule is CCc1cc(OC)ccc1Nc1nc(=O)c(OC)cn1Cc1ccc(F)c(Cl)c1. The van der Waals surface area contributed by atoms with Gasteiger partial charge in [0.25, 0.3) is 0 Å². The third kappa shape index (κ3) is 4.68. The minimum atomic E-state index is -0.491. The van der Waals surface area contributed by atoms with Crippen LogP contribution >= 0.6 is 11.6 Å². The van der Waals surface area contributed by atoms with Crippen LogP contribution in [0.25, 0.3) is 0 Å². The highest BCUT2D eigenvalue weighted by atomic mass is 35.5. The van der Waals surface area contributed by atoms with Gasteiger partial charge < -0.3 is 19.4 Å². The number of nitrogens with zero attached hydrogens (tertiary/aromatic N) is 2. The summed E-state index contributed by atoms with van der Waals surface area (Å²) in [6, 6.07) is 10.1. The van der Waals surface area contributed by atoms with Crippen LogP contribution in [-0.4, -0.2) is 23.8 Å². The molecule has 1 aromatic heterocycles. The Bertz CT molecular complexity index is 1090.